The van der Waals surface area contributed by atoms with E-state index in [0.29, 0.717) is 36.2 Å². The van der Waals surface area contributed by atoms with Gasteiger partial charge in [0.2, 0.25) is 5.78 Å². The van der Waals surface area contributed by atoms with Gasteiger partial charge in [-0.05, 0) is 48.9 Å². The SMILES string of the molecule is CCOc1ccccc1OCc1cc(/C=C/C(=O)c2ccn(C)n2)ccc1OC. The van der Waals surface area contributed by atoms with Crippen molar-refractivity contribution in [3.05, 3.63) is 77.6 Å². The number of aromatic nitrogens is 2. The van der Waals surface area contributed by atoms with E-state index in [1.807, 2.05) is 49.4 Å². The molecule has 0 N–H and O–H groups in total. The lowest BCUT2D eigenvalue weighted by Crippen LogP contribution is -2.02. The molecule has 0 atom stereocenters. The van der Waals surface area contributed by atoms with E-state index in [1.54, 1.807) is 37.2 Å². The van der Waals surface area contributed by atoms with Crippen LogP contribution in [0.25, 0.3) is 6.08 Å². The Morgan fingerprint density at radius 3 is 2.48 bits per heavy atom. The first kappa shape index (κ1) is 20.2. The minimum Gasteiger partial charge on any atom is -0.496 e. The van der Waals surface area contributed by atoms with E-state index in [9.17, 15) is 4.79 Å². The summed E-state index contributed by atoms with van der Waals surface area (Å²) in [4.78, 5) is 12.2. The highest BCUT2D eigenvalue weighted by Gasteiger charge is 2.09. The highest BCUT2D eigenvalue weighted by Crippen LogP contribution is 2.29. The van der Waals surface area contributed by atoms with Crippen molar-refractivity contribution in [2.75, 3.05) is 13.7 Å². The molecule has 0 aliphatic heterocycles. The molecular formula is C23H24N2O4. The van der Waals surface area contributed by atoms with Crippen molar-refractivity contribution in [2.45, 2.75) is 13.5 Å². The van der Waals surface area contributed by atoms with Crippen molar-refractivity contribution in [1.29, 1.82) is 0 Å². The molecule has 0 aliphatic rings. The molecule has 0 spiro atoms. The molecule has 0 saturated heterocycles. The number of aryl methyl sites for hydroxylation is 1. The predicted octanol–water partition coefficient (Wildman–Crippen LogP) is 4.30. The average molecular weight is 392 g/mol. The maximum Gasteiger partial charge on any atom is 0.206 e. The molecule has 0 radical (unpaired) electrons. The fraction of sp³-hybridized carbons (Fsp3) is 0.217. The van der Waals surface area contributed by atoms with Crippen LogP contribution in [0.15, 0.2) is 60.8 Å². The van der Waals surface area contributed by atoms with Gasteiger partial charge >= 0.3 is 0 Å². The smallest absolute Gasteiger partial charge is 0.206 e. The van der Waals surface area contributed by atoms with Crippen molar-refractivity contribution in [1.82, 2.24) is 9.78 Å². The van der Waals surface area contributed by atoms with Crippen LogP contribution in [0, 0.1) is 0 Å². The van der Waals surface area contributed by atoms with E-state index in [1.165, 1.54) is 6.08 Å². The summed E-state index contributed by atoms with van der Waals surface area (Å²) in [5.41, 5.74) is 2.14. The van der Waals surface area contributed by atoms with Crippen LogP contribution in [0.5, 0.6) is 17.2 Å². The molecule has 0 bridgehead atoms. The molecule has 0 aliphatic carbocycles. The zero-order valence-corrected chi connectivity index (χ0v) is 16.8. The van der Waals surface area contributed by atoms with Gasteiger partial charge in [-0.1, -0.05) is 24.3 Å². The Labute approximate surface area is 170 Å². The van der Waals surface area contributed by atoms with Crippen LogP contribution < -0.4 is 14.2 Å². The van der Waals surface area contributed by atoms with Crippen LogP contribution in [0.2, 0.25) is 0 Å². The van der Waals surface area contributed by atoms with E-state index in [4.69, 9.17) is 14.2 Å². The Bertz CT molecular complexity index is 1010. The Hall–Kier alpha value is -3.54. The first-order valence-electron chi connectivity index (χ1n) is 9.34. The third-order valence-electron chi connectivity index (χ3n) is 4.23. The first-order chi connectivity index (χ1) is 14.1. The third kappa shape index (κ3) is 5.25. The van der Waals surface area contributed by atoms with Crippen molar-refractivity contribution in [3.63, 3.8) is 0 Å². The third-order valence-corrected chi connectivity index (χ3v) is 4.23. The van der Waals surface area contributed by atoms with Gasteiger partial charge in [0, 0.05) is 18.8 Å². The molecule has 150 valence electrons. The zero-order valence-electron chi connectivity index (χ0n) is 16.8. The summed E-state index contributed by atoms with van der Waals surface area (Å²) in [6.07, 6.45) is 5.01. The van der Waals surface area contributed by atoms with Gasteiger partial charge in [-0.15, -0.1) is 0 Å². The summed E-state index contributed by atoms with van der Waals surface area (Å²) in [6, 6.07) is 14.9. The van der Waals surface area contributed by atoms with Crippen LogP contribution in [-0.4, -0.2) is 29.3 Å². The second-order valence-corrected chi connectivity index (χ2v) is 6.31. The summed E-state index contributed by atoms with van der Waals surface area (Å²) in [5.74, 6) is 1.94. The highest BCUT2D eigenvalue weighted by atomic mass is 16.5. The van der Waals surface area contributed by atoms with Crippen LogP contribution in [-0.2, 0) is 13.7 Å². The number of rotatable bonds is 9. The number of ether oxygens (including phenoxy) is 3. The van der Waals surface area contributed by atoms with Gasteiger partial charge in [0.1, 0.15) is 18.1 Å². The molecule has 0 amide bonds. The molecule has 0 unspecified atom stereocenters. The lowest BCUT2D eigenvalue weighted by atomic mass is 10.1. The molecule has 0 fully saturated rings. The summed E-state index contributed by atoms with van der Waals surface area (Å²) in [6.45, 7) is 2.80. The molecule has 3 rings (SSSR count). The molecule has 1 aromatic heterocycles. The maximum absolute atomic E-state index is 12.2. The standard InChI is InChI=1S/C23H24N2O4/c1-4-28-22-7-5-6-8-23(22)29-16-18-15-17(10-12-21(18)27-3)9-11-20(26)19-13-14-25(2)24-19/h5-15H,4,16H2,1-3H3/b11-9+. The topological polar surface area (TPSA) is 62.6 Å². The fourth-order valence-electron chi connectivity index (χ4n) is 2.82. The molecule has 0 saturated carbocycles. The maximum atomic E-state index is 12.2. The monoisotopic (exact) mass is 392 g/mol. The largest absolute Gasteiger partial charge is 0.496 e. The van der Waals surface area contributed by atoms with Gasteiger partial charge < -0.3 is 14.2 Å². The zero-order chi connectivity index (χ0) is 20.6. The summed E-state index contributed by atoms with van der Waals surface area (Å²) >= 11 is 0. The van der Waals surface area contributed by atoms with E-state index in [0.717, 1.165) is 11.1 Å². The molecular weight excluding hydrogens is 368 g/mol. The van der Waals surface area contributed by atoms with Crippen molar-refractivity contribution < 1.29 is 19.0 Å². The van der Waals surface area contributed by atoms with E-state index < -0.39 is 0 Å². The van der Waals surface area contributed by atoms with E-state index in [-0.39, 0.29) is 5.78 Å². The van der Waals surface area contributed by atoms with Crippen LogP contribution in [0.4, 0.5) is 0 Å². The Morgan fingerprint density at radius 2 is 1.83 bits per heavy atom. The normalized spacial score (nSPS) is 10.9. The van der Waals surface area contributed by atoms with Crippen LogP contribution >= 0.6 is 0 Å². The first-order valence-corrected chi connectivity index (χ1v) is 9.34. The van der Waals surface area contributed by atoms with Gasteiger partial charge in [0.25, 0.3) is 0 Å². The lowest BCUT2D eigenvalue weighted by Gasteiger charge is -2.14. The number of allylic oxidation sites excluding steroid dienone is 1. The number of carbonyl (C=O) groups excluding carboxylic acids is 1. The highest BCUT2D eigenvalue weighted by molar-refractivity contribution is 6.05. The van der Waals surface area contributed by atoms with E-state index in [2.05, 4.69) is 5.10 Å². The number of nitrogens with zero attached hydrogens (tertiary/aromatic N) is 2. The summed E-state index contributed by atoms with van der Waals surface area (Å²) in [7, 11) is 3.40. The average Bonchev–Trinajstić information content (AvgIpc) is 3.18. The molecule has 1 heterocycles. The quantitative estimate of drug-likeness (QED) is 0.401. The second-order valence-electron chi connectivity index (χ2n) is 6.31. The number of hydrogen-bond acceptors (Lipinski definition) is 5. The minimum atomic E-state index is -0.148. The fourth-order valence-corrected chi connectivity index (χ4v) is 2.82. The van der Waals surface area contributed by atoms with Gasteiger partial charge in [-0.2, -0.15) is 5.10 Å². The van der Waals surface area contributed by atoms with Gasteiger partial charge in [0.05, 0.1) is 13.7 Å². The van der Waals surface area contributed by atoms with Crippen molar-refractivity contribution >= 4 is 11.9 Å². The predicted molar refractivity (Wildman–Crippen MR) is 112 cm³/mol. The molecule has 2 aromatic carbocycles. The van der Waals surface area contributed by atoms with Crippen LogP contribution in [0.3, 0.4) is 0 Å². The Balaban J connectivity index is 1.75. The Morgan fingerprint density at radius 1 is 1.07 bits per heavy atom. The summed E-state index contributed by atoms with van der Waals surface area (Å²) in [5, 5.41) is 4.12. The second kappa shape index (κ2) is 9.59. The molecule has 6 heteroatoms. The molecule has 6 nitrogen and oxygen atoms in total. The van der Waals surface area contributed by atoms with Gasteiger partial charge in [0.15, 0.2) is 11.5 Å². The number of carbonyl (C=O) groups is 1. The number of benzene rings is 2. The molecule has 3 aromatic rings. The van der Waals surface area contributed by atoms with Crippen molar-refractivity contribution in [3.8, 4) is 17.2 Å². The molecule has 29 heavy (non-hydrogen) atoms. The number of ketones is 1. The van der Waals surface area contributed by atoms with Gasteiger partial charge in [-0.25, -0.2) is 0 Å². The number of methoxy groups -OCH3 is 1. The van der Waals surface area contributed by atoms with Gasteiger partial charge in [-0.3, -0.25) is 9.48 Å². The van der Waals surface area contributed by atoms with Crippen molar-refractivity contribution in [2.24, 2.45) is 7.05 Å². The van der Waals surface area contributed by atoms with Crippen LogP contribution in [0.1, 0.15) is 28.5 Å². The number of hydrogen-bond donors (Lipinski definition) is 0. The summed E-state index contributed by atoms with van der Waals surface area (Å²) < 4.78 is 18.6. The van der Waals surface area contributed by atoms with E-state index >= 15 is 0 Å². The lowest BCUT2D eigenvalue weighted by molar-refractivity contribution is 0.104. The Kier molecular flexibility index (Phi) is 6.68. The minimum absolute atomic E-state index is 0.148. The number of para-hydroxylation sites is 2.